The Kier molecular flexibility index (Phi) is 5.01. The molecule has 0 aliphatic heterocycles. The number of rotatable bonds is 7. The molecule has 0 unspecified atom stereocenters. The van der Waals surface area contributed by atoms with E-state index in [0.29, 0.717) is 12.5 Å². The molecule has 0 spiro atoms. The quantitative estimate of drug-likeness (QED) is 0.762. The van der Waals surface area contributed by atoms with Crippen molar-refractivity contribution in [2.45, 2.75) is 19.8 Å². The largest absolute Gasteiger partial charge is 0.476 e. The van der Waals surface area contributed by atoms with Crippen molar-refractivity contribution in [3.63, 3.8) is 0 Å². The van der Waals surface area contributed by atoms with E-state index in [4.69, 9.17) is 9.84 Å². The first-order valence-electron chi connectivity index (χ1n) is 6.84. The molecule has 0 amide bonds. The van der Waals surface area contributed by atoms with Gasteiger partial charge in [0.2, 0.25) is 5.88 Å². The topological polar surface area (TPSA) is 59.3 Å². The zero-order valence-corrected chi connectivity index (χ0v) is 12.0. The lowest BCUT2D eigenvalue weighted by molar-refractivity contribution is 0.248. The van der Waals surface area contributed by atoms with Crippen LogP contribution in [0.1, 0.15) is 18.4 Å². The Hall–Kier alpha value is -2.01. The van der Waals surface area contributed by atoms with Gasteiger partial charge in [0, 0.05) is 13.7 Å². The van der Waals surface area contributed by atoms with Crippen LogP contribution in [0, 0.1) is 6.92 Å². The van der Waals surface area contributed by atoms with Crippen molar-refractivity contribution in [1.29, 1.82) is 0 Å². The Morgan fingerprint density at radius 2 is 2.00 bits per heavy atom. The zero-order chi connectivity index (χ0) is 14.4. The molecule has 1 aromatic carbocycles. The number of unbranched alkanes of at least 4 members (excludes halogenated alkanes) is 1. The van der Waals surface area contributed by atoms with Crippen LogP contribution in [0.4, 0.5) is 5.82 Å². The highest BCUT2D eigenvalue weighted by atomic mass is 16.5. The minimum absolute atomic E-state index is 0.197. The summed E-state index contributed by atoms with van der Waals surface area (Å²) in [6.07, 6.45) is 1.57. The molecular formula is C15H21N3O2. The molecule has 0 aliphatic carbocycles. The standard InChI is InChI=1S/C15H21N3O2/c1-12-14(16-2)18(13-8-4-3-5-9-13)17-15(12)20-11-7-6-10-19/h3-5,8-9,16,19H,6-7,10-11H2,1-2H3. The summed E-state index contributed by atoms with van der Waals surface area (Å²) in [6.45, 7) is 2.75. The number of aliphatic hydroxyl groups is 1. The number of nitrogens with zero attached hydrogens (tertiary/aromatic N) is 2. The second-order valence-corrected chi connectivity index (χ2v) is 4.56. The Labute approximate surface area is 119 Å². The second kappa shape index (κ2) is 6.96. The number of anilines is 1. The van der Waals surface area contributed by atoms with Crippen LogP contribution in [0.3, 0.4) is 0 Å². The fraction of sp³-hybridized carbons (Fsp3) is 0.400. The SMILES string of the molecule is CNc1c(C)c(OCCCCO)nn1-c1ccccc1. The maximum Gasteiger partial charge on any atom is 0.238 e. The lowest BCUT2D eigenvalue weighted by Crippen LogP contribution is -2.03. The molecule has 2 rings (SSSR count). The van der Waals surface area contributed by atoms with E-state index < -0.39 is 0 Å². The molecule has 0 atom stereocenters. The van der Waals surface area contributed by atoms with E-state index in [0.717, 1.165) is 29.9 Å². The van der Waals surface area contributed by atoms with Crippen molar-refractivity contribution in [2.24, 2.45) is 0 Å². The van der Waals surface area contributed by atoms with Gasteiger partial charge >= 0.3 is 0 Å². The molecular weight excluding hydrogens is 254 g/mol. The van der Waals surface area contributed by atoms with Gasteiger partial charge in [-0.25, -0.2) is 4.68 Å². The molecule has 2 aromatic rings. The number of hydrogen-bond acceptors (Lipinski definition) is 4. The maximum absolute atomic E-state index is 8.77. The molecule has 1 aromatic heterocycles. The predicted octanol–water partition coefficient (Wildman–Crippen LogP) is 2.37. The zero-order valence-electron chi connectivity index (χ0n) is 12.0. The Morgan fingerprint density at radius 1 is 1.25 bits per heavy atom. The van der Waals surface area contributed by atoms with Gasteiger partial charge in [0.15, 0.2) is 0 Å². The smallest absolute Gasteiger partial charge is 0.238 e. The van der Waals surface area contributed by atoms with E-state index >= 15 is 0 Å². The first-order valence-corrected chi connectivity index (χ1v) is 6.84. The lowest BCUT2D eigenvalue weighted by Gasteiger charge is -2.06. The molecule has 0 bridgehead atoms. The number of aromatic nitrogens is 2. The third-order valence-corrected chi connectivity index (χ3v) is 3.11. The van der Waals surface area contributed by atoms with E-state index in [9.17, 15) is 0 Å². The lowest BCUT2D eigenvalue weighted by atomic mass is 10.3. The Morgan fingerprint density at radius 3 is 2.65 bits per heavy atom. The molecule has 108 valence electrons. The second-order valence-electron chi connectivity index (χ2n) is 4.56. The summed E-state index contributed by atoms with van der Waals surface area (Å²) in [4.78, 5) is 0. The fourth-order valence-electron chi connectivity index (χ4n) is 2.05. The predicted molar refractivity (Wildman–Crippen MR) is 79.7 cm³/mol. The molecule has 5 heteroatoms. The molecule has 2 N–H and O–H groups in total. The molecule has 0 radical (unpaired) electrons. The van der Waals surface area contributed by atoms with Crippen molar-refractivity contribution in [3.05, 3.63) is 35.9 Å². The van der Waals surface area contributed by atoms with Crippen LogP contribution in [0.25, 0.3) is 5.69 Å². The van der Waals surface area contributed by atoms with Gasteiger partial charge in [-0.2, -0.15) is 0 Å². The van der Waals surface area contributed by atoms with E-state index in [2.05, 4.69) is 10.4 Å². The molecule has 20 heavy (non-hydrogen) atoms. The summed E-state index contributed by atoms with van der Waals surface area (Å²) < 4.78 is 7.54. The third-order valence-electron chi connectivity index (χ3n) is 3.11. The van der Waals surface area contributed by atoms with Crippen molar-refractivity contribution in [2.75, 3.05) is 25.6 Å². The van der Waals surface area contributed by atoms with Crippen LogP contribution in [-0.4, -0.2) is 35.1 Å². The number of aliphatic hydroxyl groups excluding tert-OH is 1. The molecule has 1 heterocycles. The number of hydrogen-bond donors (Lipinski definition) is 2. The van der Waals surface area contributed by atoms with Gasteiger partial charge < -0.3 is 15.2 Å². The normalized spacial score (nSPS) is 10.6. The molecule has 5 nitrogen and oxygen atoms in total. The van der Waals surface area contributed by atoms with Gasteiger partial charge in [-0.15, -0.1) is 5.10 Å². The van der Waals surface area contributed by atoms with E-state index in [-0.39, 0.29) is 6.61 Å². The minimum atomic E-state index is 0.197. The Balaban J connectivity index is 2.21. The Bertz CT molecular complexity index is 538. The van der Waals surface area contributed by atoms with Crippen LogP contribution >= 0.6 is 0 Å². The summed E-state index contributed by atoms with van der Waals surface area (Å²) in [5, 5.41) is 16.5. The highest BCUT2D eigenvalue weighted by molar-refractivity contribution is 5.54. The van der Waals surface area contributed by atoms with Gasteiger partial charge in [-0.1, -0.05) is 18.2 Å². The monoisotopic (exact) mass is 275 g/mol. The number of benzene rings is 1. The number of para-hydroxylation sites is 1. The summed E-state index contributed by atoms with van der Waals surface area (Å²) >= 11 is 0. The van der Waals surface area contributed by atoms with Gasteiger partial charge in [0.05, 0.1) is 17.9 Å². The van der Waals surface area contributed by atoms with Gasteiger partial charge in [-0.05, 0) is 31.9 Å². The van der Waals surface area contributed by atoms with Crippen molar-refractivity contribution >= 4 is 5.82 Å². The number of nitrogens with one attached hydrogen (secondary N) is 1. The van der Waals surface area contributed by atoms with Crippen LogP contribution < -0.4 is 10.1 Å². The van der Waals surface area contributed by atoms with Crippen LogP contribution in [0.5, 0.6) is 5.88 Å². The first kappa shape index (κ1) is 14.4. The van der Waals surface area contributed by atoms with Gasteiger partial charge in [-0.3, -0.25) is 0 Å². The average Bonchev–Trinajstić information content (AvgIpc) is 2.81. The molecule has 0 aliphatic rings. The number of ether oxygens (including phenoxy) is 1. The fourth-order valence-corrected chi connectivity index (χ4v) is 2.05. The maximum atomic E-state index is 8.77. The van der Waals surface area contributed by atoms with E-state index in [1.54, 1.807) is 0 Å². The highest BCUT2D eigenvalue weighted by Crippen LogP contribution is 2.27. The summed E-state index contributed by atoms with van der Waals surface area (Å²) in [7, 11) is 1.87. The third kappa shape index (κ3) is 3.11. The first-order chi connectivity index (χ1) is 9.77. The highest BCUT2D eigenvalue weighted by Gasteiger charge is 2.15. The van der Waals surface area contributed by atoms with E-state index in [1.165, 1.54) is 0 Å². The van der Waals surface area contributed by atoms with E-state index in [1.807, 2.05) is 49.0 Å². The van der Waals surface area contributed by atoms with Crippen molar-refractivity contribution in [3.8, 4) is 11.6 Å². The van der Waals surface area contributed by atoms with Gasteiger partial charge in [0.25, 0.3) is 0 Å². The molecule has 0 saturated heterocycles. The molecule has 0 saturated carbocycles. The summed E-state index contributed by atoms with van der Waals surface area (Å²) in [6, 6.07) is 9.94. The summed E-state index contributed by atoms with van der Waals surface area (Å²) in [5.74, 6) is 1.56. The van der Waals surface area contributed by atoms with Crippen LogP contribution in [0.15, 0.2) is 30.3 Å². The van der Waals surface area contributed by atoms with Crippen LogP contribution in [-0.2, 0) is 0 Å². The minimum Gasteiger partial charge on any atom is -0.476 e. The average molecular weight is 275 g/mol. The van der Waals surface area contributed by atoms with Crippen LogP contribution in [0.2, 0.25) is 0 Å². The summed E-state index contributed by atoms with van der Waals surface area (Å²) in [5.41, 5.74) is 1.98. The molecule has 0 fully saturated rings. The van der Waals surface area contributed by atoms with Crippen molar-refractivity contribution in [1.82, 2.24) is 9.78 Å². The van der Waals surface area contributed by atoms with Crippen molar-refractivity contribution < 1.29 is 9.84 Å². The van der Waals surface area contributed by atoms with Gasteiger partial charge in [0.1, 0.15) is 5.82 Å².